The zero-order chi connectivity index (χ0) is 10.5. The molecule has 13 heavy (non-hydrogen) atoms. The van der Waals surface area contributed by atoms with Crippen LogP contribution in [0.15, 0.2) is 12.2 Å². The molecule has 1 amide bonds. The second-order valence-corrected chi connectivity index (χ2v) is 3.81. The zero-order valence-corrected chi connectivity index (χ0v) is 8.81. The van der Waals surface area contributed by atoms with E-state index < -0.39 is 5.54 Å². The van der Waals surface area contributed by atoms with Crippen molar-refractivity contribution >= 4 is 5.91 Å². The summed E-state index contributed by atoms with van der Waals surface area (Å²) in [6.45, 7) is 9.84. The number of nitrogens with one attached hydrogen (secondary N) is 1. The Labute approximate surface area is 80.4 Å². The second-order valence-electron chi connectivity index (χ2n) is 3.81. The molecule has 0 spiro atoms. The molecule has 76 valence electrons. The van der Waals surface area contributed by atoms with Gasteiger partial charge in [0.25, 0.3) is 0 Å². The molecular weight excluding hydrogens is 164 g/mol. The maximum atomic E-state index is 11.5. The topological polar surface area (TPSA) is 55.1 Å². The Morgan fingerprint density at radius 3 is 2.54 bits per heavy atom. The SMILES string of the molecule is C=C(C)CNC(=O)C(C)(N)CCC. The maximum absolute atomic E-state index is 11.5. The van der Waals surface area contributed by atoms with E-state index in [0.29, 0.717) is 13.0 Å². The lowest BCUT2D eigenvalue weighted by atomic mass is 9.96. The molecule has 0 saturated carbocycles. The molecule has 0 bridgehead atoms. The van der Waals surface area contributed by atoms with E-state index in [1.807, 2.05) is 13.8 Å². The van der Waals surface area contributed by atoms with Gasteiger partial charge in [-0.1, -0.05) is 25.5 Å². The first-order valence-corrected chi connectivity index (χ1v) is 4.61. The van der Waals surface area contributed by atoms with Crippen molar-refractivity contribution < 1.29 is 4.79 Å². The first kappa shape index (κ1) is 12.2. The fourth-order valence-corrected chi connectivity index (χ4v) is 1.07. The van der Waals surface area contributed by atoms with E-state index in [2.05, 4.69) is 11.9 Å². The molecule has 0 fully saturated rings. The fourth-order valence-electron chi connectivity index (χ4n) is 1.07. The van der Waals surface area contributed by atoms with Crippen LogP contribution in [-0.4, -0.2) is 18.0 Å². The summed E-state index contributed by atoms with van der Waals surface area (Å²) in [5, 5.41) is 2.74. The Bertz CT molecular complexity index is 197. The van der Waals surface area contributed by atoms with Crippen LogP contribution in [0.5, 0.6) is 0 Å². The van der Waals surface area contributed by atoms with Crippen molar-refractivity contribution in [3.63, 3.8) is 0 Å². The molecule has 0 aromatic heterocycles. The summed E-state index contributed by atoms with van der Waals surface area (Å²) in [7, 11) is 0. The number of amides is 1. The van der Waals surface area contributed by atoms with Gasteiger partial charge in [-0.15, -0.1) is 0 Å². The van der Waals surface area contributed by atoms with Crippen molar-refractivity contribution in [2.24, 2.45) is 5.73 Å². The molecule has 1 atom stereocenters. The van der Waals surface area contributed by atoms with E-state index in [9.17, 15) is 4.79 Å². The standard InChI is InChI=1S/C10H20N2O/c1-5-6-10(4,11)9(13)12-7-8(2)3/h2,5-7,11H2,1,3-4H3,(H,12,13). The van der Waals surface area contributed by atoms with Crippen LogP contribution in [0.4, 0.5) is 0 Å². The molecule has 0 aliphatic heterocycles. The van der Waals surface area contributed by atoms with Gasteiger partial charge in [-0.2, -0.15) is 0 Å². The first-order chi connectivity index (χ1) is 5.90. The van der Waals surface area contributed by atoms with Crippen LogP contribution in [0, 0.1) is 0 Å². The van der Waals surface area contributed by atoms with Crippen molar-refractivity contribution in [1.29, 1.82) is 0 Å². The molecule has 3 nitrogen and oxygen atoms in total. The van der Waals surface area contributed by atoms with Crippen LogP contribution in [0.2, 0.25) is 0 Å². The highest BCUT2D eigenvalue weighted by Crippen LogP contribution is 2.08. The van der Waals surface area contributed by atoms with Crippen molar-refractivity contribution in [3.8, 4) is 0 Å². The summed E-state index contributed by atoms with van der Waals surface area (Å²) < 4.78 is 0. The number of nitrogens with two attached hydrogens (primary N) is 1. The quantitative estimate of drug-likeness (QED) is 0.631. The third-order valence-electron chi connectivity index (χ3n) is 1.84. The Kier molecular flexibility index (Phi) is 4.70. The van der Waals surface area contributed by atoms with Gasteiger partial charge < -0.3 is 11.1 Å². The minimum Gasteiger partial charge on any atom is -0.351 e. The van der Waals surface area contributed by atoms with E-state index in [0.717, 1.165) is 12.0 Å². The average Bonchev–Trinajstić information content (AvgIpc) is 1.99. The Morgan fingerprint density at radius 2 is 2.15 bits per heavy atom. The summed E-state index contributed by atoms with van der Waals surface area (Å²) >= 11 is 0. The molecule has 3 N–H and O–H groups in total. The highest BCUT2D eigenvalue weighted by Gasteiger charge is 2.26. The number of carbonyl (C=O) groups is 1. The van der Waals surface area contributed by atoms with E-state index >= 15 is 0 Å². The van der Waals surface area contributed by atoms with Crippen molar-refractivity contribution in [2.75, 3.05) is 6.54 Å². The first-order valence-electron chi connectivity index (χ1n) is 4.61. The number of carbonyl (C=O) groups excluding carboxylic acids is 1. The summed E-state index contributed by atoms with van der Waals surface area (Å²) in [5.74, 6) is -0.0997. The molecule has 0 radical (unpaired) electrons. The lowest BCUT2D eigenvalue weighted by molar-refractivity contribution is -0.125. The minimum absolute atomic E-state index is 0.0997. The van der Waals surface area contributed by atoms with Gasteiger partial charge in [0.2, 0.25) is 5.91 Å². The van der Waals surface area contributed by atoms with Gasteiger partial charge in [0, 0.05) is 6.54 Å². The van der Waals surface area contributed by atoms with Crippen LogP contribution in [0.1, 0.15) is 33.6 Å². The molecule has 0 heterocycles. The van der Waals surface area contributed by atoms with E-state index in [1.54, 1.807) is 6.92 Å². The van der Waals surface area contributed by atoms with Crippen LogP contribution < -0.4 is 11.1 Å². The maximum Gasteiger partial charge on any atom is 0.240 e. The van der Waals surface area contributed by atoms with Gasteiger partial charge in [-0.25, -0.2) is 0 Å². The number of hydrogen-bond donors (Lipinski definition) is 2. The van der Waals surface area contributed by atoms with Crippen molar-refractivity contribution in [3.05, 3.63) is 12.2 Å². The minimum atomic E-state index is -0.746. The molecule has 0 aliphatic carbocycles. The highest BCUT2D eigenvalue weighted by atomic mass is 16.2. The largest absolute Gasteiger partial charge is 0.351 e. The third-order valence-corrected chi connectivity index (χ3v) is 1.84. The van der Waals surface area contributed by atoms with Gasteiger partial charge in [0.15, 0.2) is 0 Å². The molecular formula is C10H20N2O. The van der Waals surface area contributed by atoms with Gasteiger partial charge in [0.05, 0.1) is 5.54 Å². The van der Waals surface area contributed by atoms with Gasteiger partial charge >= 0.3 is 0 Å². The van der Waals surface area contributed by atoms with E-state index in [4.69, 9.17) is 5.73 Å². The lowest BCUT2D eigenvalue weighted by Gasteiger charge is -2.22. The molecule has 0 saturated heterocycles. The van der Waals surface area contributed by atoms with Crippen LogP contribution in [0.3, 0.4) is 0 Å². The summed E-state index contributed by atoms with van der Waals surface area (Å²) in [6, 6.07) is 0. The predicted octanol–water partition coefficient (Wildman–Crippen LogP) is 1.20. The molecule has 0 aromatic carbocycles. The number of hydrogen-bond acceptors (Lipinski definition) is 2. The second kappa shape index (κ2) is 5.02. The number of rotatable bonds is 5. The summed E-state index contributed by atoms with van der Waals surface area (Å²) in [6.07, 6.45) is 1.61. The van der Waals surface area contributed by atoms with Crippen LogP contribution in [0.25, 0.3) is 0 Å². The monoisotopic (exact) mass is 184 g/mol. The average molecular weight is 184 g/mol. The molecule has 1 unspecified atom stereocenters. The van der Waals surface area contributed by atoms with E-state index in [-0.39, 0.29) is 5.91 Å². The Hall–Kier alpha value is -0.830. The third kappa shape index (κ3) is 4.68. The Balaban J connectivity index is 4.01. The van der Waals surface area contributed by atoms with E-state index in [1.165, 1.54) is 0 Å². The van der Waals surface area contributed by atoms with Gasteiger partial charge in [-0.05, 0) is 20.3 Å². The lowest BCUT2D eigenvalue weighted by Crippen LogP contribution is -2.51. The van der Waals surface area contributed by atoms with Crippen LogP contribution >= 0.6 is 0 Å². The van der Waals surface area contributed by atoms with Gasteiger partial charge in [0.1, 0.15) is 0 Å². The van der Waals surface area contributed by atoms with Gasteiger partial charge in [-0.3, -0.25) is 4.79 Å². The molecule has 0 rings (SSSR count). The summed E-state index contributed by atoms with van der Waals surface area (Å²) in [4.78, 5) is 11.5. The van der Waals surface area contributed by atoms with Crippen molar-refractivity contribution in [1.82, 2.24) is 5.32 Å². The van der Waals surface area contributed by atoms with Crippen molar-refractivity contribution in [2.45, 2.75) is 39.2 Å². The highest BCUT2D eigenvalue weighted by molar-refractivity contribution is 5.85. The summed E-state index contributed by atoms with van der Waals surface area (Å²) in [5.41, 5.74) is 6.00. The molecule has 0 aromatic rings. The molecule has 0 aliphatic rings. The molecule has 3 heteroatoms. The van der Waals surface area contributed by atoms with Crippen LogP contribution in [-0.2, 0) is 4.79 Å². The Morgan fingerprint density at radius 1 is 1.62 bits per heavy atom. The zero-order valence-electron chi connectivity index (χ0n) is 8.81. The fraction of sp³-hybridized carbons (Fsp3) is 0.700. The smallest absolute Gasteiger partial charge is 0.240 e. The normalized spacial score (nSPS) is 14.8. The predicted molar refractivity (Wildman–Crippen MR) is 55.3 cm³/mol.